The molecule has 0 saturated heterocycles. The molecule has 0 atom stereocenters. The van der Waals surface area contributed by atoms with Crippen molar-refractivity contribution in [1.82, 2.24) is 4.98 Å². The van der Waals surface area contributed by atoms with Crippen LogP contribution in [0.25, 0.3) is 0 Å². The van der Waals surface area contributed by atoms with Gasteiger partial charge in [-0.05, 0) is 25.5 Å². The van der Waals surface area contributed by atoms with E-state index in [0.29, 0.717) is 12.5 Å². The lowest BCUT2D eigenvalue weighted by atomic mass is 10.0. The largest absolute Gasteiger partial charge is 0.473 e. The molecule has 0 amide bonds. The van der Waals surface area contributed by atoms with Gasteiger partial charge in [-0.15, -0.1) is 0 Å². The van der Waals surface area contributed by atoms with Crippen molar-refractivity contribution in [3.63, 3.8) is 0 Å². The molecule has 0 aliphatic rings. The Hall–Kier alpha value is -1.87. The molecule has 0 bridgehead atoms. The minimum absolute atomic E-state index is 0.496. The molecule has 2 aromatic rings. The monoisotopic (exact) mass is 243 g/mol. The van der Waals surface area contributed by atoms with Crippen LogP contribution in [0.3, 0.4) is 0 Å². The SMILES string of the molecule is CC(C)(O)c1ccc(OCc2ccccc2)nc1. The summed E-state index contributed by atoms with van der Waals surface area (Å²) in [4.78, 5) is 4.18. The Bertz CT molecular complexity index is 486. The van der Waals surface area contributed by atoms with E-state index < -0.39 is 5.60 Å². The Morgan fingerprint density at radius 3 is 2.39 bits per heavy atom. The van der Waals surface area contributed by atoms with Crippen LogP contribution in [0.5, 0.6) is 5.88 Å². The van der Waals surface area contributed by atoms with Crippen LogP contribution in [0.4, 0.5) is 0 Å². The lowest BCUT2D eigenvalue weighted by Crippen LogP contribution is -2.15. The summed E-state index contributed by atoms with van der Waals surface area (Å²) >= 11 is 0. The minimum atomic E-state index is -0.870. The lowest BCUT2D eigenvalue weighted by molar-refractivity contribution is 0.0781. The Kier molecular flexibility index (Phi) is 3.63. The third kappa shape index (κ3) is 3.31. The summed E-state index contributed by atoms with van der Waals surface area (Å²) in [5.74, 6) is 0.562. The molecule has 0 saturated carbocycles. The van der Waals surface area contributed by atoms with Crippen LogP contribution in [0, 0.1) is 0 Å². The van der Waals surface area contributed by atoms with Crippen molar-refractivity contribution in [2.24, 2.45) is 0 Å². The molecule has 18 heavy (non-hydrogen) atoms. The Labute approximate surface area is 107 Å². The number of benzene rings is 1. The third-order valence-corrected chi connectivity index (χ3v) is 2.67. The first-order valence-corrected chi connectivity index (χ1v) is 5.91. The zero-order chi connectivity index (χ0) is 13.0. The number of aromatic nitrogens is 1. The van der Waals surface area contributed by atoms with Crippen molar-refractivity contribution in [2.75, 3.05) is 0 Å². The van der Waals surface area contributed by atoms with E-state index in [9.17, 15) is 5.11 Å². The number of aliphatic hydroxyl groups is 1. The molecular weight excluding hydrogens is 226 g/mol. The van der Waals surface area contributed by atoms with Crippen molar-refractivity contribution >= 4 is 0 Å². The first-order valence-electron chi connectivity index (χ1n) is 5.91. The molecule has 94 valence electrons. The zero-order valence-electron chi connectivity index (χ0n) is 10.6. The van der Waals surface area contributed by atoms with Gasteiger partial charge in [0.2, 0.25) is 5.88 Å². The quantitative estimate of drug-likeness (QED) is 0.897. The van der Waals surface area contributed by atoms with Gasteiger partial charge in [0.05, 0.1) is 5.60 Å². The van der Waals surface area contributed by atoms with Crippen molar-refractivity contribution < 1.29 is 9.84 Å². The van der Waals surface area contributed by atoms with Gasteiger partial charge in [-0.25, -0.2) is 4.98 Å². The highest BCUT2D eigenvalue weighted by Crippen LogP contribution is 2.20. The number of hydrogen-bond acceptors (Lipinski definition) is 3. The highest BCUT2D eigenvalue weighted by molar-refractivity contribution is 5.22. The van der Waals surface area contributed by atoms with Crippen molar-refractivity contribution in [1.29, 1.82) is 0 Å². The van der Waals surface area contributed by atoms with E-state index >= 15 is 0 Å². The van der Waals surface area contributed by atoms with E-state index in [-0.39, 0.29) is 0 Å². The number of hydrogen-bond donors (Lipinski definition) is 1. The fourth-order valence-electron chi connectivity index (χ4n) is 1.56. The Morgan fingerprint density at radius 2 is 1.83 bits per heavy atom. The number of rotatable bonds is 4. The highest BCUT2D eigenvalue weighted by Gasteiger charge is 2.15. The highest BCUT2D eigenvalue weighted by atomic mass is 16.5. The van der Waals surface area contributed by atoms with E-state index in [4.69, 9.17) is 4.74 Å². The molecule has 1 heterocycles. The van der Waals surface area contributed by atoms with Gasteiger partial charge in [0.1, 0.15) is 6.61 Å². The molecule has 3 heteroatoms. The molecule has 1 aromatic carbocycles. The molecule has 0 radical (unpaired) electrons. The maximum Gasteiger partial charge on any atom is 0.213 e. The Balaban J connectivity index is 1.99. The summed E-state index contributed by atoms with van der Waals surface area (Å²) in [6.45, 7) is 3.96. The second kappa shape index (κ2) is 5.19. The van der Waals surface area contributed by atoms with Crippen LogP contribution < -0.4 is 4.74 Å². The van der Waals surface area contributed by atoms with Crippen LogP contribution in [-0.4, -0.2) is 10.1 Å². The fraction of sp³-hybridized carbons (Fsp3) is 0.267. The van der Waals surface area contributed by atoms with Crippen LogP contribution in [0.15, 0.2) is 48.7 Å². The van der Waals surface area contributed by atoms with E-state index in [2.05, 4.69) is 4.98 Å². The van der Waals surface area contributed by atoms with Gasteiger partial charge in [-0.3, -0.25) is 0 Å². The van der Waals surface area contributed by atoms with E-state index in [1.54, 1.807) is 26.1 Å². The van der Waals surface area contributed by atoms with Gasteiger partial charge >= 0.3 is 0 Å². The molecule has 0 unspecified atom stereocenters. The van der Waals surface area contributed by atoms with Crippen molar-refractivity contribution in [3.05, 3.63) is 59.8 Å². The molecule has 2 rings (SSSR count). The average molecular weight is 243 g/mol. The molecule has 0 fully saturated rings. The predicted molar refractivity (Wildman–Crippen MR) is 70.3 cm³/mol. The van der Waals surface area contributed by atoms with Crippen molar-refractivity contribution in [3.8, 4) is 5.88 Å². The first kappa shape index (κ1) is 12.6. The second-order valence-corrected chi connectivity index (χ2v) is 4.72. The lowest BCUT2D eigenvalue weighted by Gasteiger charge is -2.17. The summed E-state index contributed by atoms with van der Waals surface area (Å²) in [6, 6.07) is 13.5. The Morgan fingerprint density at radius 1 is 1.11 bits per heavy atom. The summed E-state index contributed by atoms with van der Waals surface area (Å²) in [5, 5.41) is 9.81. The standard InChI is InChI=1S/C15H17NO2/c1-15(2,17)13-8-9-14(16-10-13)18-11-12-6-4-3-5-7-12/h3-10,17H,11H2,1-2H3. The van der Waals surface area contributed by atoms with Gasteiger partial charge in [0.25, 0.3) is 0 Å². The fourth-order valence-corrected chi connectivity index (χ4v) is 1.56. The normalized spacial score (nSPS) is 11.3. The number of pyridine rings is 1. The van der Waals surface area contributed by atoms with E-state index in [1.165, 1.54) is 0 Å². The second-order valence-electron chi connectivity index (χ2n) is 4.72. The molecule has 0 aliphatic heterocycles. The first-order chi connectivity index (χ1) is 8.55. The molecule has 1 N–H and O–H groups in total. The van der Waals surface area contributed by atoms with E-state index in [0.717, 1.165) is 11.1 Å². The maximum absolute atomic E-state index is 9.81. The van der Waals surface area contributed by atoms with Crippen molar-refractivity contribution in [2.45, 2.75) is 26.1 Å². The van der Waals surface area contributed by atoms with Gasteiger partial charge in [0, 0.05) is 17.8 Å². The summed E-state index contributed by atoms with van der Waals surface area (Å²) in [7, 11) is 0. The van der Waals surface area contributed by atoms with Gasteiger partial charge < -0.3 is 9.84 Å². The van der Waals surface area contributed by atoms with Crippen LogP contribution in [0.2, 0.25) is 0 Å². The van der Waals surface area contributed by atoms with Gasteiger partial charge in [0.15, 0.2) is 0 Å². The zero-order valence-corrected chi connectivity index (χ0v) is 10.6. The molecular formula is C15H17NO2. The smallest absolute Gasteiger partial charge is 0.213 e. The topological polar surface area (TPSA) is 42.4 Å². The molecule has 0 spiro atoms. The van der Waals surface area contributed by atoms with Crippen LogP contribution >= 0.6 is 0 Å². The third-order valence-electron chi connectivity index (χ3n) is 2.67. The molecule has 0 aliphatic carbocycles. The summed E-state index contributed by atoms with van der Waals surface area (Å²) < 4.78 is 5.57. The number of ether oxygens (including phenoxy) is 1. The van der Waals surface area contributed by atoms with Gasteiger partial charge in [-0.2, -0.15) is 0 Å². The summed E-state index contributed by atoms with van der Waals surface area (Å²) in [5.41, 5.74) is 1.01. The molecule has 3 nitrogen and oxygen atoms in total. The van der Waals surface area contributed by atoms with Crippen LogP contribution in [-0.2, 0) is 12.2 Å². The summed E-state index contributed by atoms with van der Waals surface area (Å²) in [6.07, 6.45) is 1.64. The average Bonchev–Trinajstić information content (AvgIpc) is 2.37. The van der Waals surface area contributed by atoms with Gasteiger partial charge in [-0.1, -0.05) is 30.3 Å². The predicted octanol–water partition coefficient (Wildman–Crippen LogP) is 2.89. The number of nitrogens with zero attached hydrogens (tertiary/aromatic N) is 1. The minimum Gasteiger partial charge on any atom is -0.473 e. The van der Waals surface area contributed by atoms with E-state index in [1.807, 2.05) is 36.4 Å². The van der Waals surface area contributed by atoms with Crippen LogP contribution in [0.1, 0.15) is 25.0 Å². The molecule has 1 aromatic heterocycles. The maximum atomic E-state index is 9.81.